The van der Waals surface area contributed by atoms with Crippen molar-refractivity contribution < 1.29 is 9.26 Å². The van der Waals surface area contributed by atoms with Gasteiger partial charge in [0.05, 0.1) is 29.3 Å². The van der Waals surface area contributed by atoms with Crippen molar-refractivity contribution in [2.24, 2.45) is 5.73 Å². The van der Waals surface area contributed by atoms with E-state index in [1.165, 1.54) is 6.42 Å². The smallest absolute Gasteiger partial charge is 0.259 e. The first-order valence-corrected chi connectivity index (χ1v) is 7.55. The molecular weight excluding hydrogens is 313 g/mol. The van der Waals surface area contributed by atoms with Gasteiger partial charge in [-0.05, 0) is 37.5 Å². The van der Waals surface area contributed by atoms with E-state index >= 15 is 0 Å². The predicted octanol–water partition coefficient (Wildman–Crippen LogP) is 3.61. The van der Waals surface area contributed by atoms with Crippen LogP contribution in [0, 0.1) is 0 Å². The van der Waals surface area contributed by atoms with E-state index in [2.05, 4.69) is 10.1 Å². The lowest BCUT2D eigenvalue weighted by Gasteiger charge is -2.26. The zero-order valence-electron chi connectivity index (χ0n) is 11.3. The van der Waals surface area contributed by atoms with Crippen LogP contribution in [0.25, 0.3) is 11.5 Å². The first-order chi connectivity index (χ1) is 10.1. The lowest BCUT2D eigenvalue weighted by molar-refractivity contribution is -0.00549. The number of rotatable bonds is 5. The van der Waals surface area contributed by atoms with Crippen LogP contribution in [0.3, 0.4) is 0 Å². The molecular formula is C14H15Cl2N3O2. The van der Waals surface area contributed by atoms with Gasteiger partial charge in [0.2, 0.25) is 0 Å². The van der Waals surface area contributed by atoms with Gasteiger partial charge in [0.15, 0.2) is 5.82 Å². The van der Waals surface area contributed by atoms with Crippen molar-refractivity contribution in [3.05, 3.63) is 34.1 Å². The predicted molar refractivity (Wildman–Crippen MR) is 80.3 cm³/mol. The number of ether oxygens (including phenoxy) is 1. The molecule has 5 nitrogen and oxygen atoms in total. The fraction of sp³-hybridized carbons (Fsp3) is 0.429. The van der Waals surface area contributed by atoms with Crippen molar-refractivity contribution in [3.8, 4) is 11.5 Å². The Kier molecular flexibility index (Phi) is 4.45. The highest BCUT2D eigenvalue weighted by Crippen LogP contribution is 2.30. The summed E-state index contributed by atoms with van der Waals surface area (Å²) in [5, 5.41) is 4.90. The quantitative estimate of drug-likeness (QED) is 0.907. The lowest BCUT2D eigenvalue weighted by atomic mass is 9.96. The van der Waals surface area contributed by atoms with E-state index in [0.29, 0.717) is 40.0 Å². The van der Waals surface area contributed by atoms with E-state index in [1.54, 1.807) is 18.2 Å². The van der Waals surface area contributed by atoms with Crippen molar-refractivity contribution in [1.82, 2.24) is 10.1 Å². The topological polar surface area (TPSA) is 74.2 Å². The summed E-state index contributed by atoms with van der Waals surface area (Å²) in [4.78, 5) is 4.28. The molecule has 1 aliphatic carbocycles. The van der Waals surface area contributed by atoms with Crippen LogP contribution in [0.5, 0.6) is 0 Å². The minimum Gasteiger partial charge on any atom is -0.376 e. The maximum Gasteiger partial charge on any atom is 0.259 e. The van der Waals surface area contributed by atoms with Crippen LogP contribution in [-0.2, 0) is 4.74 Å². The first kappa shape index (κ1) is 14.8. The second kappa shape index (κ2) is 6.32. The number of hydrogen-bond acceptors (Lipinski definition) is 5. The summed E-state index contributed by atoms with van der Waals surface area (Å²) in [6, 6.07) is 4.67. The van der Waals surface area contributed by atoms with Gasteiger partial charge in [-0.15, -0.1) is 0 Å². The van der Waals surface area contributed by atoms with Gasteiger partial charge < -0.3 is 15.0 Å². The fourth-order valence-corrected chi connectivity index (χ4v) is 2.50. The molecule has 7 heteroatoms. The van der Waals surface area contributed by atoms with Crippen molar-refractivity contribution >= 4 is 23.2 Å². The van der Waals surface area contributed by atoms with Gasteiger partial charge in [-0.2, -0.15) is 4.98 Å². The molecule has 1 saturated carbocycles. The van der Waals surface area contributed by atoms with Gasteiger partial charge in [-0.1, -0.05) is 28.4 Å². The molecule has 1 aromatic carbocycles. The van der Waals surface area contributed by atoms with Gasteiger partial charge in [0.25, 0.3) is 5.89 Å². The van der Waals surface area contributed by atoms with Crippen molar-refractivity contribution in [2.45, 2.75) is 31.4 Å². The van der Waals surface area contributed by atoms with Crippen molar-refractivity contribution in [1.29, 1.82) is 0 Å². The molecule has 1 unspecified atom stereocenters. The fourth-order valence-electron chi connectivity index (χ4n) is 2.01. The molecule has 0 amide bonds. The molecule has 1 aromatic heterocycles. The summed E-state index contributed by atoms with van der Waals surface area (Å²) >= 11 is 12.0. The molecule has 0 spiro atoms. The van der Waals surface area contributed by atoms with E-state index in [4.69, 9.17) is 38.2 Å². The number of benzene rings is 1. The average molecular weight is 328 g/mol. The Labute approximate surface area is 132 Å². The number of aromatic nitrogens is 2. The van der Waals surface area contributed by atoms with Crippen LogP contribution in [0.4, 0.5) is 0 Å². The molecule has 1 atom stereocenters. The Morgan fingerprint density at radius 3 is 2.86 bits per heavy atom. The summed E-state index contributed by atoms with van der Waals surface area (Å²) < 4.78 is 10.9. The van der Waals surface area contributed by atoms with Gasteiger partial charge in [0, 0.05) is 5.02 Å². The van der Waals surface area contributed by atoms with E-state index < -0.39 is 6.04 Å². The highest BCUT2D eigenvalue weighted by Gasteiger charge is 2.22. The Morgan fingerprint density at radius 1 is 1.38 bits per heavy atom. The Hall–Kier alpha value is -1.14. The van der Waals surface area contributed by atoms with E-state index in [9.17, 15) is 0 Å². The Morgan fingerprint density at radius 2 is 2.19 bits per heavy atom. The van der Waals surface area contributed by atoms with Crippen molar-refractivity contribution in [3.63, 3.8) is 0 Å². The van der Waals surface area contributed by atoms with Crippen LogP contribution < -0.4 is 5.73 Å². The molecule has 1 aliphatic rings. The summed E-state index contributed by atoms with van der Waals surface area (Å²) in [5.41, 5.74) is 6.64. The number of nitrogens with two attached hydrogens (primary N) is 1. The third-order valence-electron chi connectivity index (χ3n) is 3.50. The third kappa shape index (κ3) is 3.37. The number of halogens is 2. The summed E-state index contributed by atoms with van der Waals surface area (Å²) in [6.45, 7) is 0.387. The molecule has 21 heavy (non-hydrogen) atoms. The first-order valence-electron chi connectivity index (χ1n) is 6.79. The van der Waals surface area contributed by atoms with Crippen LogP contribution >= 0.6 is 23.2 Å². The Balaban J connectivity index is 1.69. The van der Waals surface area contributed by atoms with Gasteiger partial charge in [0.1, 0.15) is 0 Å². The van der Waals surface area contributed by atoms with Crippen LogP contribution in [0.15, 0.2) is 22.7 Å². The zero-order valence-corrected chi connectivity index (χ0v) is 12.8. The van der Waals surface area contributed by atoms with Crippen LogP contribution in [0.1, 0.15) is 31.1 Å². The number of nitrogens with zero attached hydrogens (tertiary/aromatic N) is 2. The van der Waals surface area contributed by atoms with Crippen LogP contribution in [-0.4, -0.2) is 22.9 Å². The molecule has 3 rings (SSSR count). The summed E-state index contributed by atoms with van der Waals surface area (Å²) in [5.74, 6) is 0.737. The van der Waals surface area contributed by atoms with E-state index in [-0.39, 0.29) is 0 Å². The molecule has 0 radical (unpaired) electrons. The molecule has 0 aliphatic heterocycles. The maximum absolute atomic E-state index is 6.11. The van der Waals surface area contributed by atoms with Crippen molar-refractivity contribution in [2.75, 3.05) is 6.61 Å². The second-order valence-corrected chi connectivity index (χ2v) is 5.92. The minimum absolute atomic E-state index is 0.325. The van der Waals surface area contributed by atoms with E-state index in [0.717, 1.165) is 12.8 Å². The monoisotopic (exact) mass is 327 g/mol. The molecule has 112 valence electrons. The molecule has 0 saturated heterocycles. The second-order valence-electron chi connectivity index (χ2n) is 5.07. The van der Waals surface area contributed by atoms with Gasteiger partial charge in [-0.25, -0.2) is 0 Å². The van der Waals surface area contributed by atoms with Gasteiger partial charge in [-0.3, -0.25) is 0 Å². The summed E-state index contributed by atoms with van der Waals surface area (Å²) in [7, 11) is 0. The number of hydrogen-bond donors (Lipinski definition) is 1. The lowest BCUT2D eigenvalue weighted by Crippen LogP contribution is -2.27. The maximum atomic E-state index is 6.11. The standard InChI is InChI=1S/C14H15Cl2N3O2/c15-8-4-5-10(11(16)6-8)14-18-13(19-21-14)12(17)7-20-9-2-1-3-9/h4-6,9,12H,1-3,7,17H2. The molecule has 2 N–H and O–H groups in total. The third-order valence-corrected chi connectivity index (χ3v) is 4.05. The molecule has 0 bridgehead atoms. The summed E-state index contributed by atoms with van der Waals surface area (Å²) in [6.07, 6.45) is 3.75. The molecule has 2 aromatic rings. The highest BCUT2D eigenvalue weighted by atomic mass is 35.5. The van der Waals surface area contributed by atoms with E-state index in [1.807, 2.05) is 0 Å². The average Bonchev–Trinajstić information content (AvgIpc) is 2.86. The molecule has 1 heterocycles. The largest absolute Gasteiger partial charge is 0.376 e. The Bertz CT molecular complexity index is 628. The highest BCUT2D eigenvalue weighted by molar-refractivity contribution is 6.36. The molecule has 1 fully saturated rings. The van der Waals surface area contributed by atoms with Gasteiger partial charge >= 0.3 is 0 Å². The SMILES string of the molecule is NC(COC1CCC1)c1noc(-c2ccc(Cl)cc2Cl)n1. The zero-order chi connectivity index (χ0) is 14.8. The van der Waals surface area contributed by atoms with Crippen LogP contribution in [0.2, 0.25) is 10.0 Å². The normalized spacial score (nSPS) is 16.7. The minimum atomic E-state index is -0.408.